The Hall–Kier alpha value is -1.55. The van der Waals surface area contributed by atoms with Gasteiger partial charge in [-0.3, -0.25) is 4.79 Å². The van der Waals surface area contributed by atoms with Crippen LogP contribution >= 0.6 is 0 Å². The van der Waals surface area contributed by atoms with Gasteiger partial charge in [-0.05, 0) is 43.5 Å². The van der Waals surface area contributed by atoms with Gasteiger partial charge < -0.3 is 15.0 Å². The molecule has 1 saturated heterocycles. The summed E-state index contributed by atoms with van der Waals surface area (Å²) in [5.74, 6) is 0.905. The van der Waals surface area contributed by atoms with Crippen LogP contribution in [0.3, 0.4) is 0 Å². The van der Waals surface area contributed by atoms with Crippen LogP contribution in [0.2, 0.25) is 0 Å². The summed E-state index contributed by atoms with van der Waals surface area (Å²) >= 11 is 0. The van der Waals surface area contributed by atoms with Crippen LogP contribution in [0, 0.1) is 6.92 Å². The summed E-state index contributed by atoms with van der Waals surface area (Å²) in [6.07, 6.45) is 2.17. The fraction of sp³-hybridized carbons (Fsp3) is 0.562. The number of carbonyl (C=O) groups is 1. The Morgan fingerprint density at radius 2 is 2.20 bits per heavy atom. The summed E-state index contributed by atoms with van der Waals surface area (Å²) < 4.78 is 5.54. The van der Waals surface area contributed by atoms with E-state index in [1.165, 1.54) is 11.1 Å². The van der Waals surface area contributed by atoms with Crippen molar-refractivity contribution in [1.29, 1.82) is 0 Å². The first-order valence-corrected chi connectivity index (χ1v) is 7.26. The Labute approximate surface area is 120 Å². The predicted molar refractivity (Wildman–Crippen MR) is 79.5 cm³/mol. The Morgan fingerprint density at radius 3 is 2.80 bits per heavy atom. The lowest BCUT2D eigenvalue weighted by Crippen LogP contribution is -2.44. The van der Waals surface area contributed by atoms with E-state index >= 15 is 0 Å². The highest BCUT2D eigenvalue weighted by molar-refractivity contribution is 5.95. The number of aryl methyl sites for hydroxylation is 1. The van der Waals surface area contributed by atoms with Gasteiger partial charge in [0.15, 0.2) is 0 Å². The lowest BCUT2D eigenvalue weighted by Gasteiger charge is -2.42. The molecule has 1 N–H and O–H groups in total. The summed E-state index contributed by atoms with van der Waals surface area (Å²) in [6, 6.07) is 4.09. The molecule has 108 valence electrons. The molecule has 1 aromatic carbocycles. The first-order chi connectivity index (χ1) is 9.59. The molecule has 3 rings (SSSR count). The molecular formula is C16H22N2O2. The third-order valence-electron chi connectivity index (χ3n) is 4.81. The summed E-state index contributed by atoms with van der Waals surface area (Å²) in [7, 11) is 1.68. The maximum absolute atomic E-state index is 12.0. The number of nitrogens with zero attached hydrogens (tertiary/aromatic N) is 1. The van der Waals surface area contributed by atoms with E-state index in [4.69, 9.17) is 4.74 Å². The first kappa shape index (κ1) is 13.4. The van der Waals surface area contributed by atoms with Crippen molar-refractivity contribution in [1.82, 2.24) is 5.32 Å². The van der Waals surface area contributed by atoms with Crippen molar-refractivity contribution in [2.24, 2.45) is 0 Å². The second-order valence-corrected chi connectivity index (χ2v) is 5.94. The summed E-state index contributed by atoms with van der Waals surface area (Å²) in [5.41, 5.74) is 3.73. The van der Waals surface area contributed by atoms with E-state index in [0.29, 0.717) is 0 Å². The van der Waals surface area contributed by atoms with Gasteiger partial charge in [0.2, 0.25) is 5.91 Å². The minimum absolute atomic E-state index is 0.0935. The Bertz CT molecular complexity index is 548. The largest absolute Gasteiger partial charge is 0.495 e. The summed E-state index contributed by atoms with van der Waals surface area (Å²) in [4.78, 5) is 13.9. The summed E-state index contributed by atoms with van der Waals surface area (Å²) in [5, 5.41) is 3.49. The van der Waals surface area contributed by atoms with Crippen LogP contribution in [-0.4, -0.2) is 32.7 Å². The van der Waals surface area contributed by atoms with Crippen LogP contribution < -0.4 is 15.0 Å². The van der Waals surface area contributed by atoms with Crippen molar-refractivity contribution in [3.63, 3.8) is 0 Å². The third-order valence-corrected chi connectivity index (χ3v) is 4.81. The van der Waals surface area contributed by atoms with E-state index in [-0.39, 0.29) is 11.3 Å². The number of anilines is 1. The van der Waals surface area contributed by atoms with E-state index < -0.39 is 0 Å². The van der Waals surface area contributed by atoms with E-state index in [9.17, 15) is 4.79 Å². The first-order valence-electron chi connectivity index (χ1n) is 7.26. The molecule has 2 heterocycles. The molecule has 1 fully saturated rings. The lowest BCUT2D eigenvalue weighted by atomic mass is 9.71. The number of amides is 1. The van der Waals surface area contributed by atoms with E-state index in [1.807, 2.05) is 11.0 Å². The zero-order valence-corrected chi connectivity index (χ0v) is 12.5. The van der Waals surface area contributed by atoms with Crippen LogP contribution in [0.4, 0.5) is 5.69 Å². The van der Waals surface area contributed by atoms with Gasteiger partial charge in [0.1, 0.15) is 5.75 Å². The SMILES string of the molecule is COc1ccc(C)c2c1N(C(C)=O)CCC21CCNC1. The Kier molecular flexibility index (Phi) is 3.21. The van der Waals surface area contributed by atoms with Crippen LogP contribution in [0.25, 0.3) is 0 Å². The Balaban J connectivity index is 2.24. The highest BCUT2D eigenvalue weighted by Crippen LogP contribution is 2.49. The van der Waals surface area contributed by atoms with E-state index in [1.54, 1.807) is 14.0 Å². The quantitative estimate of drug-likeness (QED) is 0.851. The molecule has 1 aromatic rings. The number of fused-ring (bicyclic) bond motifs is 2. The molecule has 1 atom stereocenters. The molecule has 1 spiro atoms. The minimum atomic E-state index is 0.0935. The van der Waals surface area contributed by atoms with Gasteiger partial charge in [-0.2, -0.15) is 0 Å². The number of benzene rings is 1. The number of rotatable bonds is 1. The average Bonchev–Trinajstić information content (AvgIpc) is 2.88. The van der Waals surface area contributed by atoms with Gasteiger partial charge in [0, 0.05) is 25.4 Å². The van der Waals surface area contributed by atoms with Crippen molar-refractivity contribution in [2.45, 2.75) is 32.1 Å². The zero-order chi connectivity index (χ0) is 14.3. The molecule has 2 aliphatic heterocycles. The molecule has 20 heavy (non-hydrogen) atoms. The zero-order valence-electron chi connectivity index (χ0n) is 12.5. The molecule has 0 radical (unpaired) electrons. The van der Waals surface area contributed by atoms with Crippen molar-refractivity contribution < 1.29 is 9.53 Å². The molecular weight excluding hydrogens is 252 g/mol. The number of hydrogen-bond donors (Lipinski definition) is 1. The topological polar surface area (TPSA) is 41.6 Å². The van der Waals surface area contributed by atoms with E-state index in [2.05, 4.69) is 18.3 Å². The van der Waals surface area contributed by atoms with Crippen LogP contribution in [0.15, 0.2) is 12.1 Å². The van der Waals surface area contributed by atoms with Crippen LogP contribution in [0.1, 0.15) is 30.9 Å². The van der Waals surface area contributed by atoms with Gasteiger partial charge in [0.05, 0.1) is 12.8 Å². The second kappa shape index (κ2) is 4.77. The third kappa shape index (κ3) is 1.82. The van der Waals surface area contributed by atoms with Gasteiger partial charge in [-0.1, -0.05) is 6.07 Å². The normalized spacial score (nSPS) is 24.9. The highest BCUT2D eigenvalue weighted by Gasteiger charge is 2.44. The molecule has 0 saturated carbocycles. The van der Waals surface area contributed by atoms with E-state index in [0.717, 1.165) is 43.9 Å². The van der Waals surface area contributed by atoms with Gasteiger partial charge in [-0.25, -0.2) is 0 Å². The van der Waals surface area contributed by atoms with Crippen LogP contribution in [0.5, 0.6) is 5.75 Å². The highest BCUT2D eigenvalue weighted by atomic mass is 16.5. The molecule has 1 amide bonds. The Morgan fingerprint density at radius 1 is 1.40 bits per heavy atom. The van der Waals surface area contributed by atoms with Gasteiger partial charge in [0.25, 0.3) is 0 Å². The second-order valence-electron chi connectivity index (χ2n) is 5.94. The van der Waals surface area contributed by atoms with Crippen molar-refractivity contribution in [3.05, 3.63) is 23.3 Å². The fourth-order valence-electron chi connectivity index (χ4n) is 3.82. The standard InChI is InChI=1S/C16H22N2O2/c1-11-4-5-13(20-3)15-14(11)16(6-8-17-10-16)7-9-18(15)12(2)19/h4-5,17H,6-10H2,1-3H3. The van der Waals surface area contributed by atoms with Gasteiger partial charge >= 0.3 is 0 Å². The van der Waals surface area contributed by atoms with Crippen molar-refractivity contribution >= 4 is 11.6 Å². The number of hydrogen-bond acceptors (Lipinski definition) is 3. The maximum atomic E-state index is 12.0. The predicted octanol–water partition coefficient (Wildman–Crippen LogP) is 1.99. The fourth-order valence-corrected chi connectivity index (χ4v) is 3.82. The number of methoxy groups -OCH3 is 1. The molecule has 4 nitrogen and oxygen atoms in total. The molecule has 0 bridgehead atoms. The number of ether oxygens (including phenoxy) is 1. The van der Waals surface area contributed by atoms with Gasteiger partial charge in [-0.15, -0.1) is 0 Å². The maximum Gasteiger partial charge on any atom is 0.223 e. The minimum Gasteiger partial charge on any atom is -0.495 e. The average molecular weight is 274 g/mol. The number of carbonyl (C=O) groups excluding carboxylic acids is 1. The molecule has 1 unspecified atom stereocenters. The molecule has 2 aliphatic rings. The summed E-state index contributed by atoms with van der Waals surface area (Å²) in [6.45, 7) is 6.61. The monoisotopic (exact) mass is 274 g/mol. The smallest absolute Gasteiger partial charge is 0.223 e. The van der Waals surface area contributed by atoms with Crippen LogP contribution in [-0.2, 0) is 10.2 Å². The van der Waals surface area contributed by atoms with Crippen molar-refractivity contribution in [2.75, 3.05) is 31.6 Å². The number of nitrogens with one attached hydrogen (secondary N) is 1. The molecule has 4 heteroatoms. The molecule has 0 aliphatic carbocycles. The van der Waals surface area contributed by atoms with Crippen molar-refractivity contribution in [3.8, 4) is 5.75 Å². The molecule has 0 aromatic heterocycles. The lowest BCUT2D eigenvalue weighted by molar-refractivity contribution is -0.116.